The van der Waals surface area contributed by atoms with Crippen molar-refractivity contribution in [3.8, 4) is 0 Å². The van der Waals surface area contributed by atoms with Gasteiger partial charge in [-0.2, -0.15) is 10.2 Å². The third kappa shape index (κ3) is 2.18. The third-order valence-electron chi connectivity index (χ3n) is 1.99. The first-order valence-corrected chi connectivity index (χ1v) is 4.50. The van der Waals surface area contributed by atoms with Crippen LogP contribution >= 0.6 is 0 Å². The molecule has 0 aliphatic heterocycles. The average molecular weight is 209 g/mol. The molecular formula is C10H9F2N3. The number of hydrogen-bond acceptors (Lipinski definition) is 3. The number of aromatic nitrogens is 2. The lowest BCUT2D eigenvalue weighted by atomic mass is 10.2. The number of fused-ring (bicyclic) bond motifs is 1. The molecule has 0 unspecified atom stereocenters. The zero-order chi connectivity index (χ0) is 10.7. The summed E-state index contributed by atoms with van der Waals surface area (Å²) in [6.07, 6.45) is -0.929. The van der Waals surface area contributed by atoms with Gasteiger partial charge in [-0.3, -0.25) is 0 Å². The van der Waals surface area contributed by atoms with Crippen molar-refractivity contribution in [1.82, 2.24) is 10.2 Å². The van der Waals surface area contributed by atoms with Crippen LogP contribution in [0.2, 0.25) is 0 Å². The van der Waals surface area contributed by atoms with Crippen LogP contribution in [0.25, 0.3) is 10.9 Å². The van der Waals surface area contributed by atoms with E-state index in [4.69, 9.17) is 0 Å². The van der Waals surface area contributed by atoms with E-state index in [1.165, 1.54) is 6.20 Å². The Bertz CT molecular complexity index is 454. The second kappa shape index (κ2) is 4.16. The molecule has 0 saturated carbocycles. The predicted molar refractivity (Wildman–Crippen MR) is 54.0 cm³/mol. The topological polar surface area (TPSA) is 37.8 Å². The van der Waals surface area contributed by atoms with Crippen molar-refractivity contribution in [3.05, 3.63) is 30.5 Å². The molecular weight excluding hydrogens is 200 g/mol. The number of anilines is 1. The fraction of sp³-hybridized carbons (Fsp3) is 0.200. The highest BCUT2D eigenvalue weighted by atomic mass is 19.3. The summed E-state index contributed by atoms with van der Waals surface area (Å²) in [5.74, 6) is 0. The van der Waals surface area contributed by atoms with E-state index in [9.17, 15) is 8.78 Å². The second-order valence-electron chi connectivity index (χ2n) is 3.05. The normalized spacial score (nSPS) is 10.9. The second-order valence-corrected chi connectivity index (χ2v) is 3.05. The lowest BCUT2D eigenvalue weighted by molar-refractivity contribution is 0.163. The van der Waals surface area contributed by atoms with Crippen LogP contribution in [0.15, 0.2) is 30.5 Å². The lowest BCUT2D eigenvalue weighted by Gasteiger charge is -2.07. The maximum atomic E-state index is 12.0. The van der Waals surface area contributed by atoms with Gasteiger partial charge in [0.15, 0.2) is 0 Å². The largest absolute Gasteiger partial charge is 0.377 e. The molecule has 1 N–H and O–H groups in total. The summed E-state index contributed by atoms with van der Waals surface area (Å²) in [5.41, 5.74) is 1.28. The van der Waals surface area contributed by atoms with Gasteiger partial charge in [0.05, 0.1) is 23.9 Å². The van der Waals surface area contributed by atoms with Crippen LogP contribution < -0.4 is 5.32 Å². The Morgan fingerprint density at radius 2 is 2.07 bits per heavy atom. The van der Waals surface area contributed by atoms with Gasteiger partial charge in [-0.15, -0.1) is 0 Å². The molecule has 0 radical (unpaired) electrons. The first-order valence-electron chi connectivity index (χ1n) is 4.50. The van der Waals surface area contributed by atoms with Gasteiger partial charge >= 0.3 is 0 Å². The van der Waals surface area contributed by atoms with Gasteiger partial charge in [0.25, 0.3) is 6.43 Å². The van der Waals surface area contributed by atoms with E-state index in [1.54, 1.807) is 6.07 Å². The minimum absolute atomic E-state index is 0.379. The van der Waals surface area contributed by atoms with E-state index in [0.29, 0.717) is 11.2 Å². The molecule has 0 atom stereocenters. The Morgan fingerprint density at radius 1 is 1.27 bits per heavy atom. The summed E-state index contributed by atoms with van der Waals surface area (Å²) >= 11 is 0. The van der Waals surface area contributed by atoms with Gasteiger partial charge in [0.2, 0.25) is 0 Å². The molecule has 1 aromatic carbocycles. The summed E-state index contributed by atoms with van der Waals surface area (Å²) in [6, 6.07) is 7.26. The van der Waals surface area contributed by atoms with E-state index < -0.39 is 6.43 Å². The molecule has 15 heavy (non-hydrogen) atoms. The molecule has 0 amide bonds. The molecule has 1 heterocycles. The first-order chi connectivity index (χ1) is 7.27. The smallest absolute Gasteiger partial charge is 0.255 e. The van der Waals surface area contributed by atoms with Crippen molar-refractivity contribution in [1.29, 1.82) is 0 Å². The van der Waals surface area contributed by atoms with Crippen molar-refractivity contribution in [2.24, 2.45) is 0 Å². The quantitative estimate of drug-likeness (QED) is 0.842. The summed E-state index contributed by atoms with van der Waals surface area (Å²) < 4.78 is 24.0. The fourth-order valence-corrected chi connectivity index (χ4v) is 1.33. The van der Waals surface area contributed by atoms with Crippen LogP contribution in [0.4, 0.5) is 14.5 Å². The highest BCUT2D eigenvalue weighted by Gasteiger charge is 2.05. The molecule has 0 aliphatic rings. The van der Waals surface area contributed by atoms with Crippen LogP contribution in [-0.4, -0.2) is 23.2 Å². The molecule has 2 rings (SSSR count). The molecule has 1 aromatic heterocycles. The number of benzene rings is 1. The van der Waals surface area contributed by atoms with Crippen LogP contribution in [-0.2, 0) is 0 Å². The van der Waals surface area contributed by atoms with Gasteiger partial charge in [-0.05, 0) is 6.07 Å². The van der Waals surface area contributed by atoms with Crippen LogP contribution in [0.5, 0.6) is 0 Å². The van der Waals surface area contributed by atoms with Crippen LogP contribution in [0.3, 0.4) is 0 Å². The number of nitrogens with zero attached hydrogens (tertiary/aromatic N) is 2. The average Bonchev–Trinajstić information content (AvgIpc) is 2.26. The van der Waals surface area contributed by atoms with Gasteiger partial charge < -0.3 is 5.32 Å². The lowest BCUT2D eigenvalue weighted by Crippen LogP contribution is -2.10. The predicted octanol–water partition coefficient (Wildman–Crippen LogP) is 2.31. The maximum Gasteiger partial charge on any atom is 0.255 e. The van der Waals surface area contributed by atoms with E-state index in [1.807, 2.05) is 18.2 Å². The minimum atomic E-state index is -2.38. The maximum absolute atomic E-state index is 12.0. The molecule has 0 bridgehead atoms. The Balaban J connectivity index is 2.34. The number of rotatable bonds is 3. The van der Waals surface area contributed by atoms with Crippen LogP contribution in [0.1, 0.15) is 0 Å². The number of halogens is 2. The molecule has 78 valence electrons. The molecule has 5 heteroatoms. The van der Waals surface area contributed by atoms with Crippen molar-refractivity contribution in [3.63, 3.8) is 0 Å². The van der Waals surface area contributed by atoms with Gasteiger partial charge in [-0.25, -0.2) is 8.78 Å². The third-order valence-corrected chi connectivity index (χ3v) is 1.99. The van der Waals surface area contributed by atoms with Crippen molar-refractivity contribution in [2.75, 3.05) is 11.9 Å². The molecule has 0 saturated heterocycles. The highest BCUT2D eigenvalue weighted by molar-refractivity contribution is 5.90. The molecule has 3 nitrogen and oxygen atoms in total. The Hall–Kier alpha value is -1.78. The van der Waals surface area contributed by atoms with Crippen LogP contribution in [0, 0.1) is 0 Å². The van der Waals surface area contributed by atoms with E-state index in [0.717, 1.165) is 5.39 Å². The number of alkyl halides is 2. The highest BCUT2D eigenvalue weighted by Crippen LogP contribution is 2.19. The minimum Gasteiger partial charge on any atom is -0.377 e. The standard InChI is InChI=1S/C10H9F2N3/c11-10(12)6-13-9-5-14-15-8-4-2-1-3-7(8)9/h1-5,10H,6H2,(H,13,15). The first kappa shape index (κ1) is 9.76. The zero-order valence-electron chi connectivity index (χ0n) is 7.82. The van der Waals surface area contributed by atoms with E-state index in [-0.39, 0.29) is 6.54 Å². The molecule has 2 aromatic rings. The Labute approximate surface area is 85.1 Å². The Morgan fingerprint density at radius 3 is 2.87 bits per heavy atom. The summed E-state index contributed by atoms with van der Waals surface area (Å²) in [5, 5.41) is 11.1. The molecule has 0 aliphatic carbocycles. The summed E-state index contributed by atoms with van der Waals surface area (Å²) in [6.45, 7) is -0.379. The Kier molecular flexibility index (Phi) is 2.71. The van der Waals surface area contributed by atoms with E-state index in [2.05, 4.69) is 15.5 Å². The van der Waals surface area contributed by atoms with E-state index >= 15 is 0 Å². The van der Waals surface area contributed by atoms with Crippen molar-refractivity contribution in [2.45, 2.75) is 6.43 Å². The zero-order valence-corrected chi connectivity index (χ0v) is 7.82. The number of nitrogens with one attached hydrogen (secondary N) is 1. The van der Waals surface area contributed by atoms with Gasteiger partial charge in [0.1, 0.15) is 0 Å². The monoisotopic (exact) mass is 209 g/mol. The number of hydrogen-bond donors (Lipinski definition) is 1. The van der Waals surface area contributed by atoms with Gasteiger partial charge in [0, 0.05) is 5.39 Å². The SMILES string of the molecule is FC(F)CNc1cnnc2ccccc12. The summed E-state index contributed by atoms with van der Waals surface area (Å²) in [4.78, 5) is 0. The van der Waals surface area contributed by atoms with Crippen molar-refractivity contribution < 1.29 is 8.78 Å². The molecule has 0 fully saturated rings. The summed E-state index contributed by atoms with van der Waals surface area (Å²) in [7, 11) is 0. The molecule has 0 spiro atoms. The van der Waals surface area contributed by atoms with Crippen molar-refractivity contribution >= 4 is 16.6 Å². The van der Waals surface area contributed by atoms with Gasteiger partial charge in [-0.1, -0.05) is 18.2 Å². The fourth-order valence-electron chi connectivity index (χ4n) is 1.33.